The molecule has 4 heterocycles. The number of aliphatic hydroxyl groups is 1. The number of aldehydes is 1. The molecule has 1 N–H and O–H groups in total. The Labute approximate surface area is 164 Å². The molecule has 0 aliphatic rings. The fraction of sp³-hybridized carbons (Fsp3) is 0.0625. The topological polar surface area (TPSA) is 71.9 Å². The number of rotatable bonds is 2. The van der Waals surface area contributed by atoms with Crippen LogP contribution in [0, 0.1) is 7.40 Å². The second-order valence-corrected chi connectivity index (χ2v) is 7.10. The highest BCUT2D eigenvalue weighted by Crippen LogP contribution is 2.11. The number of hydrogen-bond acceptors (Lipinski definition) is 4. The van der Waals surface area contributed by atoms with Gasteiger partial charge in [-0.1, -0.05) is 0 Å². The van der Waals surface area contributed by atoms with Gasteiger partial charge in [-0.3, -0.25) is 13.6 Å². The summed E-state index contributed by atoms with van der Waals surface area (Å²) in [6, 6.07) is 7.29. The Morgan fingerprint density at radius 2 is 1.58 bits per heavy atom. The number of nitrogens with zero attached hydrogens (tertiary/aromatic N) is 4. The van der Waals surface area contributed by atoms with Crippen molar-refractivity contribution >= 4 is 62.8 Å². The molecule has 122 valence electrons. The van der Waals surface area contributed by atoms with Crippen molar-refractivity contribution in [2.45, 2.75) is 6.61 Å². The highest BCUT2D eigenvalue weighted by atomic mass is 127. The molecule has 0 atom stereocenters. The molecule has 0 aliphatic heterocycles. The fourth-order valence-corrected chi connectivity index (χ4v) is 3.22. The number of carbonyl (C=O) groups is 1. The molecule has 0 radical (unpaired) electrons. The third kappa shape index (κ3) is 3.59. The van der Waals surface area contributed by atoms with Gasteiger partial charge in [0.1, 0.15) is 25.0 Å². The number of aliphatic hydroxyl groups excluding tert-OH is 1. The molecule has 0 saturated carbocycles. The van der Waals surface area contributed by atoms with Gasteiger partial charge in [0.2, 0.25) is 0 Å². The molecule has 0 saturated heterocycles. The highest BCUT2D eigenvalue weighted by Gasteiger charge is 2.00. The van der Waals surface area contributed by atoms with E-state index in [2.05, 4.69) is 55.1 Å². The van der Waals surface area contributed by atoms with E-state index in [4.69, 9.17) is 5.11 Å². The zero-order valence-electron chi connectivity index (χ0n) is 12.3. The van der Waals surface area contributed by atoms with Crippen molar-refractivity contribution < 1.29 is 9.90 Å². The zero-order valence-corrected chi connectivity index (χ0v) is 16.6. The summed E-state index contributed by atoms with van der Waals surface area (Å²) in [4.78, 5) is 18.7. The second-order valence-electron chi connectivity index (χ2n) is 4.89. The molecule has 0 bridgehead atoms. The van der Waals surface area contributed by atoms with Gasteiger partial charge in [0.15, 0.2) is 0 Å². The van der Waals surface area contributed by atoms with E-state index in [1.54, 1.807) is 24.5 Å². The van der Waals surface area contributed by atoms with Crippen LogP contribution in [-0.2, 0) is 6.61 Å². The lowest BCUT2D eigenvalue weighted by atomic mass is 10.3. The largest absolute Gasteiger partial charge is 0.392 e. The Bertz CT molecular complexity index is 1010. The van der Waals surface area contributed by atoms with Gasteiger partial charge >= 0.3 is 0 Å². The molecule has 4 rings (SSSR count). The number of carbonyl (C=O) groups excluding carboxylic acids is 1. The van der Waals surface area contributed by atoms with Crippen molar-refractivity contribution in [3.05, 3.63) is 67.6 Å². The van der Waals surface area contributed by atoms with E-state index in [-0.39, 0.29) is 6.61 Å². The minimum absolute atomic E-state index is 0.0694. The first-order valence-corrected chi connectivity index (χ1v) is 9.08. The molecule has 0 spiro atoms. The first-order chi connectivity index (χ1) is 11.6. The predicted molar refractivity (Wildman–Crippen MR) is 107 cm³/mol. The molecule has 0 fully saturated rings. The maximum atomic E-state index is 10.4. The minimum Gasteiger partial charge on any atom is -0.392 e. The number of aromatic nitrogens is 4. The van der Waals surface area contributed by atoms with Crippen LogP contribution < -0.4 is 0 Å². The van der Waals surface area contributed by atoms with E-state index >= 15 is 0 Å². The van der Waals surface area contributed by atoms with Crippen LogP contribution in [-0.4, -0.2) is 30.2 Å². The smallest absolute Gasteiger partial charge is 0.150 e. The Balaban J connectivity index is 0.000000141. The molecule has 6 nitrogen and oxygen atoms in total. The van der Waals surface area contributed by atoms with E-state index in [1.165, 1.54) is 0 Å². The van der Waals surface area contributed by atoms with Gasteiger partial charge in [-0.15, -0.1) is 0 Å². The van der Waals surface area contributed by atoms with Crippen molar-refractivity contribution in [1.29, 1.82) is 0 Å². The van der Waals surface area contributed by atoms with Gasteiger partial charge in [-0.05, 0) is 75.0 Å². The second kappa shape index (κ2) is 7.57. The Hall–Kier alpha value is -1.53. The lowest BCUT2D eigenvalue weighted by Gasteiger charge is -1.97. The van der Waals surface area contributed by atoms with Crippen LogP contribution in [0.1, 0.15) is 15.9 Å². The number of imidazole rings is 2. The van der Waals surface area contributed by atoms with Crippen LogP contribution >= 0.6 is 45.2 Å². The summed E-state index contributed by atoms with van der Waals surface area (Å²) in [6.45, 7) is 0.0694. The molecular formula is C16H12I2N4O2. The van der Waals surface area contributed by atoms with E-state index < -0.39 is 0 Å². The van der Waals surface area contributed by atoms with Crippen LogP contribution in [0.15, 0.2) is 49.1 Å². The van der Waals surface area contributed by atoms with Gasteiger partial charge in [0, 0.05) is 18.0 Å². The van der Waals surface area contributed by atoms with Crippen LogP contribution in [0.4, 0.5) is 0 Å². The molecule has 24 heavy (non-hydrogen) atoms. The summed E-state index contributed by atoms with van der Waals surface area (Å²) in [5.41, 5.74) is 3.24. The molecule has 4 aromatic heterocycles. The van der Waals surface area contributed by atoms with Crippen LogP contribution in [0.2, 0.25) is 0 Å². The Morgan fingerprint density at radius 3 is 2.17 bits per heavy atom. The highest BCUT2D eigenvalue weighted by molar-refractivity contribution is 14.1. The molecule has 0 aliphatic carbocycles. The average Bonchev–Trinajstić information content (AvgIpc) is 3.18. The predicted octanol–water partition coefficient (Wildman–Crippen LogP) is 3.18. The first kappa shape index (κ1) is 17.3. The van der Waals surface area contributed by atoms with Gasteiger partial charge in [-0.2, -0.15) is 0 Å². The molecular weight excluding hydrogens is 534 g/mol. The summed E-state index contributed by atoms with van der Waals surface area (Å²) < 4.78 is 6.01. The molecule has 0 aromatic carbocycles. The normalized spacial score (nSPS) is 10.6. The summed E-state index contributed by atoms with van der Waals surface area (Å²) in [7, 11) is 0. The number of pyridine rings is 2. The van der Waals surface area contributed by atoms with Crippen molar-refractivity contribution in [2.75, 3.05) is 0 Å². The first-order valence-electron chi connectivity index (χ1n) is 6.92. The van der Waals surface area contributed by atoms with Crippen molar-refractivity contribution in [2.24, 2.45) is 0 Å². The van der Waals surface area contributed by atoms with Crippen molar-refractivity contribution in [3.63, 3.8) is 0 Å². The SMILES string of the molecule is O=Cc1ccn2c(I)cnc2c1.OCc1ccn2c(I)cnc2c1. The summed E-state index contributed by atoms with van der Waals surface area (Å²) in [5, 5.41) is 8.86. The summed E-state index contributed by atoms with van der Waals surface area (Å²) in [5.74, 6) is 0. The Kier molecular flexibility index (Phi) is 5.46. The maximum absolute atomic E-state index is 10.4. The minimum atomic E-state index is 0.0694. The van der Waals surface area contributed by atoms with E-state index in [1.807, 2.05) is 33.3 Å². The zero-order chi connectivity index (χ0) is 17.1. The molecule has 8 heteroatoms. The van der Waals surface area contributed by atoms with Gasteiger partial charge in [0.05, 0.1) is 19.0 Å². The van der Waals surface area contributed by atoms with Crippen LogP contribution in [0.3, 0.4) is 0 Å². The standard InChI is InChI=1S/C8H7IN2O.C8H5IN2O/c2*9-7-4-10-8-3-6(5-12)1-2-11(7)8/h1-4,12H,5H2;1-5H. The average molecular weight is 546 g/mol. The third-order valence-electron chi connectivity index (χ3n) is 3.34. The number of fused-ring (bicyclic) bond motifs is 2. The number of halogens is 2. The summed E-state index contributed by atoms with van der Waals surface area (Å²) >= 11 is 4.40. The van der Waals surface area contributed by atoms with Gasteiger partial charge in [-0.25, -0.2) is 9.97 Å². The van der Waals surface area contributed by atoms with Gasteiger partial charge in [0.25, 0.3) is 0 Å². The fourth-order valence-electron chi connectivity index (χ4n) is 2.13. The molecule has 0 amide bonds. The molecule has 4 aromatic rings. The van der Waals surface area contributed by atoms with E-state index in [0.717, 1.165) is 30.5 Å². The van der Waals surface area contributed by atoms with E-state index in [0.29, 0.717) is 5.56 Å². The quantitative estimate of drug-likeness (QED) is 0.310. The lowest BCUT2D eigenvalue weighted by Crippen LogP contribution is -1.89. The summed E-state index contributed by atoms with van der Waals surface area (Å²) in [6.07, 6.45) is 8.15. The van der Waals surface area contributed by atoms with Crippen molar-refractivity contribution in [1.82, 2.24) is 18.8 Å². The van der Waals surface area contributed by atoms with Gasteiger partial charge < -0.3 is 5.11 Å². The third-order valence-corrected chi connectivity index (χ3v) is 4.94. The maximum Gasteiger partial charge on any atom is 0.150 e. The number of hydrogen-bond donors (Lipinski definition) is 1. The van der Waals surface area contributed by atoms with Crippen LogP contribution in [0.25, 0.3) is 11.3 Å². The lowest BCUT2D eigenvalue weighted by molar-refractivity contribution is 0.112. The Morgan fingerprint density at radius 1 is 1.00 bits per heavy atom. The molecule has 0 unspecified atom stereocenters. The van der Waals surface area contributed by atoms with E-state index in [9.17, 15) is 4.79 Å². The van der Waals surface area contributed by atoms with Crippen LogP contribution in [0.5, 0.6) is 0 Å². The monoisotopic (exact) mass is 546 g/mol. The van der Waals surface area contributed by atoms with Crippen molar-refractivity contribution in [3.8, 4) is 0 Å².